The van der Waals surface area contributed by atoms with Crippen molar-refractivity contribution >= 4 is 5.97 Å². The number of aliphatic hydroxyl groups excluding tert-OH is 1. The van der Waals surface area contributed by atoms with Crippen molar-refractivity contribution in [3.8, 4) is 5.75 Å². The fraction of sp³-hybridized carbons (Fsp3) is 0.533. The molecule has 1 aromatic rings. The summed E-state index contributed by atoms with van der Waals surface area (Å²) >= 11 is 0. The van der Waals surface area contributed by atoms with Crippen LogP contribution in [0.1, 0.15) is 12.5 Å². The monoisotopic (exact) mass is 278 g/mol. The highest BCUT2D eigenvalue weighted by Crippen LogP contribution is 2.14. The summed E-state index contributed by atoms with van der Waals surface area (Å²) in [6.07, 6.45) is 0. The Morgan fingerprint density at radius 1 is 1.15 bits per heavy atom. The summed E-state index contributed by atoms with van der Waals surface area (Å²) in [5.41, 5.74) is 1.22. The van der Waals surface area contributed by atoms with Crippen LogP contribution in [0.25, 0.3) is 0 Å². The molecule has 1 aliphatic heterocycles. The van der Waals surface area contributed by atoms with Crippen molar-refractivity contribution in [3.63, 3.8) is 0 Å². The number of nitrogens with zero attached hydrogens (tertiary/aromatic N) is 2. The molecular weight excluding hydrogens is 256 g/mol. The number of aliphatic hydroxyl groups is 1. The largest absolute Gasteiger partial charge is 0.427 e. The Morgan fingerprint density at radius 2 is 1.75 bits per heavy atom. The van der Waals surface area contributed by atoms with E-state index in [0.717, 1.165) is 39.3 Å². The van der Waals surface area contributed by atoms with E-state index in [1.807, 2.05) is 24.3 Å². The van der Waals surface area contributed by atoms with Crippen LogP contribution in [-0.2, 0) is 11.3 Å². The van der Waals surface area contributed by atoms with Gasteiger partial charge in [-0.05, 0) is 17.7 Å². The molecule has 0 saturated carbocycles. The van der Waals surface area contributed by atoms with Gasteiger partial charge in [-0.25, -0.2) is 0 Å². The minimum absolute atomic E-state index is 0.234. The first-order valence-corrected chi connectivity index (χ1v) is 7.00. The number of benzene rings is 1. The average Bonchev–Trinajstić information content (AvgIpc) is 2.43. The molecule has 1 aromatic carbocycles. The standard InChI is InChI=1S/C15H22N2O3/c1-13(19)20-15-4-2-14(3-5-15)12-17-8-6-16(7-9-17)10-11-18/h2-5,18H,6-12H2,1H3. The molecule has 1 fully saturated rings. The van der Waals surface area contributed by atoms with Crippen molar-refractivity contribution in [1.29, 1.82) is 0 Å². The lowest BCUT2D eigenvalue weighted by atomic mass is 10.2. The summed E-state index contributed by atoms with van der Waals surface area (Å²) in [6, 6.07) is 7.66. The summed E-state index contributed by atoms with van der Waals surface area (Å²) in [5.74, 6) is 0.298. The van der Waals surface area contributed by atoms with Crippen LogP contribution in [0.3, 0.4) is 0 Å². The minimum Gasteiger partial charge on any atom is -0.427 e. The van der Waals surface area contributed by atoms with Gasteiger partial charge in [0, 0.05) is 46.2 Å². The number of hydrogen-bond acceptors (Lipinski definition) is 5. The van der Waals surface area contributed by atoms with Crippen LogP contribution < -0.4 is 4.74 Å². The highest BCUT2D eigenvalue weighted by Gasteiger charge is 2.16. The van der Waals surface area contributed by atoms with Crippen LogP contribution in [0, 0.1) is 0 Å². The van der Waals surface area contributed by atoms with E-state index >= 15 is 0 Å². The first-order chi connectivity index (χ1) is 9.67. The van der Waals surface area contributed by atoms with Crippen LogP contribution in [0.15, 0.2) is 24.3 Å². The number of piperazine rings is 1. The number of hydrogen-bond donors (Lipinski definition) is 1. The fourth-order valence-corrected chi connectivity index (χ4v) is 2.40. The van der Waals surface area contributed by atoms with Crippen molar-refractivity contribution in [3.05, 3.63) is 29.8 Å². The molecular formula is C15H22N2O3. The number of rotatable bonds is 5. The quantitative estimate of drug-likeness (QED) is 0.635. The van der Waals surface area contributed by atoms with Crippen molar-refractivity contribution in [2.24, 2.45) is 0 Å². The molecule has 20 heavy (non-hydrogen) atoms. The Morgan fingerprint density at radius 3 is 2.30 bits per heavy atom. The molecule has 0 radical (unpaired) electrons. The molecule has 0 amide bonds. The lowest BCUT2D eigenvalue weighted by Gasteiger charge is -2.34. The van der Waals surface area contributed by atoms with Crippen molar-refractivity contribution in [1.82, 2.24) is 9.80 Å². The second-order valence-electron chi connectivity index (χ2n) is 5.08. The summed E-state index contributed by atoms with van der Waals surface area (Å²) in [7, 11) is 0. The lowest BCUT2D eigenvalue weighted by molar-refractivity contribution is -0.131. The van der Waals surface area contributed by atoms with E-state index in [9.17, 15) is 4.79 Å². The Kier molecular flexibility index (Phi) is 5.52. The van der Waals surface area contributed by atoms with Crippen molar-refractivity contribution < 1.29 is 14.6 Å². The normalized spacial score (nSPS) is 17.1. The van der Waals surface area contributed by atoms with E-state index in [2.05, 4.69) is 9.80 Å². The Balaban J connectivity index is 1.80. The van der Waals surface area contributed by atoms with Gasteiger partial charge in [-0.15, -0.1) is 0 Å². The van der Waals surface area contributed by atoms with Crippen molar-refractivity contribution in [2.45, 2.75) is 13.5 Å². The third kappa shape index (κ3) is 4.59. The maximum Gasteiger partial charge on any atom is 0.308 e. The Bertz CT molecular complexity index is 425. The number of carbonyl (C=O) groups excluding carboxylic acids is 1. The molecule has 2 rings (SSSR count). The molecule has 5 heteroatoms. The predicted octanol–water partition coefficient (Wildman–Crippen LogP) is 0.722. The SMILES string of the molecule is CC(=O)Oc1ccc(CN2CCN(CCO)CC2)cc1. The Labute approximate surface area is 119 Å². The highest BCUT2D eigenvalue weighted by molar-refractivity contribution is 5.69. The molecule has 0 unspecified atom stereocenters. The first-order valence-electron chi connectivity index (χ1n) is 7.00. The van der Waals surface area contributed by atoms with Crippen LogP contribution in [0.5, 0.6) is 5.75 Å². The molecule has 0 aromatic heterocycles. The van der Waals surface area contributed by atoms with E-state index in [-0.39, 0.29) is 12.6 Å². The second kappa shape index (κ2) is 7.38. The summed E-state index contributed by atoms with van der Waals surface area (Å²) < 4.78 is 5.02. The number of β-amino-alcohol motifs (C(OH)–C–C–N with tert-alkyl or cyclic N) is 1. The van der Waals surface area contributed by atoms with E-state index in [1.54, 1.807) is 0 Å². The molecule has 1 saturated heterocycles. The maximum absolute atomic E-state index is 10.8. The zero-order chi connectivity index (χ0) is 14.4. The summed E-state index contributed by atoms with van der Waals surface area (Å²) in [4.78, 5) is 15.5. The molecule has 1 aliphatic rings. The Hall–Kier alpha value is -1.43. The van der Waals surface area contributed by atoms with Gasteiger partial charge in [0.05, 0.1) is 6.61 Å². The molecule has 1 heterocycles. The van der Waals surface area contributed by atoms with Crippen LogP contribution in [-0.4, -0.2) is 60.2 Å². The van der Waals surface area contributed by atoms with Gasteiger partial charge in [-0.1, -0.05) is 12.1 Å². The van der Waals surface area contributed by atoms with Gasteiger partial charge >= 0.3 is 5.97 Å². The summed E-state index contributed by atoms with van der Waals surface area (Å²) in [6.45, 7) is 7.37. The zero-order valence-corrected chi connectivity index (χ0v) is 11.9. The van der Waals surface area contributed by atoms with E-state index in [1.165, 1.54) is 12.5 Å². The molecule has 110 valence electrons. The van der Waals surface area contributed by atoms with Crippen LogP contribution >= 0.6 is 0 Å². The second-order valence-corrected chi connectivity index (χ2v) is 5.08. The van der Waals surface area contributed by atoms with Crippen LogP contribution in [0.4, 0.5) is 0 Å². The van der Waals surface area contributed by atoms with Crippen molar-refractivity contribution in [2.75, 3.05) is 39.3 Å². The topological polar surface area (TPSA) is 53.0 Å². The van der Waals surface area contributed by atoms with E-state index < -0.39 is 0 Å². The van der Waals surface area contributed by atoms with Gasteiger partial charge in [-0.2, -0.15) is 0 Å². The number of esters is 1. The molecule has 0 spiro atoms. The van der Waals surface area contributed by atoms with Gasteiger partial charge in [0.1, 0.15) is 5.75 Å². The maximum atomic E-state index is 10.8. The smallest absolute Gasteiger partial charge is 0.308 e. The number of ether oxygens (including phenoxy) is 1. The minimum atomic E-state index is -0.294. The van der Waals surface area contributed by atoms with E-state index in [0.29, 0.717) is 5.75 Å². The van der Waals surface area contributed by atoms with E-state index in [4.69, 9.17) is 9.84 Å². The molecule has 5 nitrogen and oxygen atoms in total. The molecule has 0 atom stereocenters. The van der Waals surface area contributed by atoms with Crippen LogP contribution in [0.2, 0.25) is 0 Å². The first kappa shape index (κ1) is 15.0. The van der Waals surface area contributed by atoms with Gasteiger partial charge in [-0.3, -0.25) is 14.6 Å². The molecule has 1 N–H and O–H groups in total. The van der Waals surface area contributed by atoms with Gasteiger partial charge in [0.25, 0.3) is 0 Å². The lowest BCUT2D eigenvalue weighted by Crippen LogP contribution is -2.46. The van der Waals surface area contributed by atoms with Gasteiger partial charge in [0.2, 0.25) is 0 Å². The third-order valence-corrected chi connectivity index (χ3v) is 3.47. The number of carbonyl (C=O) groups is 1. The predicted molar refractivity (Wildman–Crippen MR) is 76.6 cm³/mol. The van der Waals surface area contributed by atoms with Gasteiger partial charge in [0.15, 0.2) is 0 Å². The third-order valence-electron chi connectivity index (χ3n) is 3.47. The fourth-order valence-electron chi connectivity index (χ4n) is 2.40. The highest BCUT2D eigenvalue weighted by atomic mass is 16.5. The average molecular weight is 278 g/mol. The van der Waals surface area contributed by atoms with Gasteiger partial charge < -0.3 is 9.84 Å². The molecule has 0 bridgehead atoms. The zero-order valence-electron chi connectivity index (χ0n) is 11.9. The molecule has 0 aliphatic carbocycles. The summed E-state index contributed by atoms with van der Waals surface area (Å²) in [5, 5.41) is 8.92.